The number of morpholine rings is 1. The highest BCUT2D eigenvalue weighted by Crippen LogP contribution is 2.36. The third-order valence-electron chi connectivity index (χ3n) is 7.83. The lowest BCUT2D eigenvalue weighted by atomic mass is 9.99. The number of H-pyrrole nitrogens is 1. The molecule has 0 radical (unpaired) electrons. The van der Waals surface area contributed by atoms with Gasteiger partial charge in [-0.2, -0.15) is 18.3 Å². The first kappa shape index (κ1) is 33.4. The number of aromatic amines is 1. The van der Waals surface area contributed by atoms with Crippen LogP contribution in [0, 0.1) is 5.82 Å². The number of ether oxygens (including phenoxy) is 1. The Labute approximate surface area is 263 Å². The Hall–Kier alpha value is -3.99. The van der Waals surface area contributed by atoms with E-state index in [1.54, 1.807) is 24.3 Å². The van der Waals surface area contributed by atoms with Crippen LogP contribution < -0.4 is 15.4 Å². The number of hydrogen-bond acceptors (Lipinski definition) is 9. The van der Waals surface area contributed by atoms with Gasteiger partial charge in [-0.25, -0.2) is 17.8 Å². The Morgan fingerprint density at radius 2 is 1.89 bits per heavy atom. The Morgan fingerprint density at radius 1 is 1.15 bits per heavy atom. The number of anilines is 2. The zero-order valence-electron chi connectivity index (χ0n) is 25.1. The number of fused-ring (bicyclic) bond motifs is 1. The van der Waals surface area contributed by atoms with E-state index in [1.165, 1.54) is 17.4 Å². The van der Waals surface area contributed by atoms with Gasteiger partial charge in [-0.05, 0) is 48.4 Å². The molecule has 4 aromatic rings. The molecule has 0 atom stereocenters. The molecule has 5 rings (SSSR count). The number of nitrogens with two attached hydrogens (primary N) is 1. The van der Waals surface area contributed by atoms with E-state index in [0.717, 1.165) is 25.2 Å². The monoisotopic (exact) mass is 665 g/mol. The van der Waals surface area contributed by atoms with E-state index in [-0.39, 0.29) is 41.5 Å². The fourth-order valence-electron chi connectivity index (χ4n) is 5.45. The number of phenolic OH excluding ortho intramolecular Hbond substituents is 1. The molecule has 5 N–H and O–H groups in total. The SMILES string of the molecule is CN(c1ccccc1CNc1nc(-c2cc(F)c(O)cc2CC(F)(F)F)cc2n[nH]c(CN)c12)S(=O)(=O)CCCN1CCOCC1. The summed E-state index contributed by atoms with van der Waals surface area (Å²) < 4.78 is 87.9. The maximum Gasteiger partial charge on any atom is 0.393 e. The lowest BCUT2D eigenvalue weighted by Gasteiger charge is -2.27. The van der Waals surface area contributed by atoms with Crippen molar-refractivity contribution in [3.63, 3.8) is 0 Å². The summed E-state index contributed by atoms with van der Waals surface area (Å²) in [7, 11) is -2.18. The van der Waals surface area contributed by atoms with E-state index >= 15 is 0 Å². The van der Waals surface area contributed by atoms with Crippen molar-refractivity contribution in [2.45, 2.75) is 32.1 Å². The van der Waals surface area contributed by atoms with Gasteiger partial charge in [0, 0.05) is 38.8 Å². The summed E-state index contributed by atoms with van der Waals surface area (Å²) in [4.78, 5) is 6.72. The number of sulfonamides is 1. The highest BCUT2D eigenvalue weighted by atomic mass is 32.2. The van der Waals surface area contributed by atoms with Crippen LogP contribution in [0.15, 0.2) is 42.5 Å². The summed E-state index contributed by atoms with van der Waals surface area (Å²) in [6.07, 6.45) is -5.60. The lowest BCUT2D eigenvalue weighted by molar-refractivity contribution is -0.127. The number of pyridine rings is 1. The first-order valence-corrected chi connectivity index (χ1v) is 16.2. The summed E-state index contributed by atoms with van der Waals surface area (Å²) in [6, 6.07) is 9.86. The van der Waals surface area contributed by atoms with E-state index in [1.807, 2.05) is 0 Å². The number of rotatable bonds is 12. The van der Waals surface area contributed by atoms with Crippen LogP contribution in [0.3, 0.4) is 0 Å². The van der Waals surface area contributed by atoms with E-state index < -0.39 is 34.2 Å². The number of aromatic nitrogens is 3. The van der Waals surface area contributed by atoms with Crippen LogP contribution in [-0.2, 0) is 34.3 Å². The molecular formula is C30H35F4N7O4S. The zero-order valence-corrected chi connectivity index (χ0v) is 25.9. The number of halogens is 4. The van der Waals surface area contributed by atoms with Crippen molar-refractivity contribution < 1.29 is 35.8 Å². The average Bonchev–Trinajstić information content (AvgIpc) is 3.44. The first-order chi connectivity index (χ1) is 21.9. The molecular weight excluding hydrogens is 630 g/mol. The van der Waals surface area contributed by atoms with Crippen molar-refractivity contribution in [1.29, 1.82) is 0 Å². The van der Waals surface area contributed by atoms with Crippen LogP contribution in [0.1, 0.15) is 23.2 Å². The third kappa shape index (κ3) is 7.68. The summed E-state index contributed by atoms with van der Waals surface area (Å²) in [6.45, 7) is 3.54. The molecule has 1 aliphatic heterocycles. The number of aromatic hydroxyl groups is 1. The molecule has 11 nitrogen and oxygen atoms in total. The van der Waals surface area contributed by atoms with Gasteiger partial charge < -0.3 is 20.9 Å². The van der Waals surface area contributed by atoms with Gasteiger partial charge in [-0.1, -0.05) is 18.2 Å². The van der Waals surface area contributed by atoms with E-state index in [9.17, 15) is 31.1 Å². The van der Waals surface area contributed by atoms with Crippen molar-refractivity contribution in [3.05, 3.63) is 65.1 Å². The van der Waals surface area contributed by atoms with Crippen molar-refractivity contribution >= 4 is 32.4 Å². The van der Waals surface area contributed by atoms with Crippen LogP contribution in [0.5, 0.6) is 5.75 Å². The van der Waals surface area contributed by atoms with Crippen molar-refractivity contribution in [1.82, 2.24) is 20.1 Å². The minimum absolute atomic E-state index is 0.0172. The molecule has 0 amide bonds. The number of nitrogens with zero attached hydrogens (tertiary/aromatic N) is 4. The number of benzene rings is 2. The summed E-state index contributed by atoms with van der Waals surface area (Å²) >= 11 is 0. The number of nitrogens with one attached hydrogen (secondary N) is 2. The quantitative estimate of drug-likeness (QED) is 0.164. The van der Waals surface area contributed by atoms with E-state index in [4.69, 9.17) is 10.5 Å². The van der Waals surface area contributed by atoms with Gasteiger partial charge in [-0.3, -0.25) is 14.3 Å². The second kappa shape index (κ2) is 13.8. The minimum atomic E-state index is -4.64. The van der Waals surface area contributed by atoms with E-state index in [2.05, 4.69) is 25.4 Å². The molecule has 248 valence electrons. The zero-order chi connectivity index (χ0) is 33.1. The summed E-state index contributed by atoms with van der Waals surface area (Å²) in [5, 5.41) is 20.5. The summed E-state index contributed by atoms with van der Waals surface area (Å²) in [5.41, 5.74) is 7.20. The van der Waals surface area contributed by atoms with Crippen molar-refractivity contribution in [2.75, 3.05) is 55.3 Å². The highest BCUT2D eigenvalue weighted by Gasteiger charge is 2.30. The van der Waals surface area contributed by atoms with Gasteiger partial charge in [0.2, 0.25) is 10.0 Å². The second-order valence-electron chi connectivity index (χ2n) is 11.0. The van der Waals surface area contributed by atoms with Gasteiger partial charge in [0.25, 0.3) is 0 Å². The molecule has 0 unspecified atom stereocenters. The molecule has 1 fully saturated rings. The summed E-state index contributed by atoms with van der Waals surface area (Å²) in [5.74, 6) is -1.88. The largest absolute Gasteiger partial charge is 0.505 e. The van der Waals surface area contributed by atoms with Crippen molar-refractivity contribution in [2.24, 2.45) is 5.73 Å². The second-order valence-corrected chi connectivity index (χ2v) is 13.1. The fourth-order valence-corrected chi connectivity index (χ4v) is 6.69. The number of para-hydroxylation sites is 1. The molecule has 0 spiro atoms. The highest BCUT2D eigenvalue weighted by molar-refractivity contribution is 7.92. The van der Waals surface area contributed by atoms with Crippen LogP contribution >= 0.6 is 0 Å². The van der Waals surface area contributed by atoms with Gasteiger partial charge in [0.1, 0.15) is 5.82 Å². The molecule has 0 bridgehead atoms. The molecule has 46 heavy (non-hydrogen) atoms. The van der Waals surface area contributed by atoms with Crippen LogP contribution in [0.25, 0.3) is 22.2 Å². The number of alkyl halides is 3. The molecule has 0 saturated carbocycles. The standard InChI is InChI=1S/C30H35F4N7O4S/c1-40(46(43,44)12-4-7-41-8-10-45-11-9-41)26-6-3-2-5-19(26)18-36-29-28-24(38-39-25(28)17-35)15-23(37-29)21-14-22(31)27(42)13-20(21)16-30(32,33)34/h2-3,5-6,13-15,42H,4,7-12,16-18,35H2,1H3,(H,36,37)(H,38,39). The van der Waals surface area contributed by atoms with Crippen LogP contribution in [-0.4, -0.2) is 85.4 Å². The molecule has 0 aliphatic carbocycles. The van der Waals surface area contributed by atoms with Crippen molar-refractivity contribution in [3.8, 4) is 17.0 Å². The normalized spacial score (nSPS) is 14.6. The maximum absolute atomic E-state index is 14.4. The number of hydrogen-bond donors (Lipinski definition) is 4. The fraction of sp³-hybridized carbons (Fsp3) is 0.400. The Kier molecular flexibility index (Phi) is 10.0. The molecule has 2 aromatic heterocycles. The molecule has 1 aliphatic rings. The van der Waals surface area contributed by atoms with Crippen LogP contribution in [0.4, 0.5) is 29.1 Å². The Balaban J connectivity index is 1.43. The predicted octanol–water partition coefficient (Wildman–Crippen LogP) is 4.13. The first-order valence-electron chi connectivity index (χ1n) is 14.6. The molecule has 1 saturated heterocycles. The number of phenols is 1. The molecule has 2 aromatic carbocycles. The third-order valence-corrected chi connectivity index (χ3v) is 9.67. The Bertz CT molecular complexity index is 1790. The van der Waals surface area contributed by atoms with Gasteiger partial charge in [0.15, 0.2) is 11.6 Å². The lowest BCUT2D eigenvalue weighted by Crippen LogP contribution is -2.38. The maximum atomic E-state index is 14.4. The smallest absolute Gasteiger partial charge is 0.393 e. The topological polar surface area (TPSA) is 150 Å². The minimum Gasteiger partial charge on any atom is -0.505 e. The van der Waals surface area contributed by atoms with Gasteiger partial charge in [0.05, 0.1) is 53.4 Å². The molecule has 3 heterocycles. The predicted molar refractivity (Wildman–Crippen MR) is 166 cm³/mol. The van der Waals surface area contributed by atoms with Crippen LogP contribution in [0.2, 0.25) is 0 Å². The Morgan fingerprint density at radius 3 is 2.61 bits per heavy atom. The molecule has 16 heteroatoms. The van der Waals surface area contributed by atoms with Gasteiger partial charge in [-0.15, -0.1) is 0 Å². The van der Waals surface area contributed by atoms with Gasteiger partial charge >= 0.3 is 6.18 Å². The van der Waals surface area contributed by atoms with E-state index in [0.29, 0.717) is 54.0 Å². The average molecular weight is 666 g/mol.